The van der Waals surface area contributed by atoms with Gasteiger partial charge in [-0.05, 0) is 30.3 Å². The largest absolute Gasteiger partial charge is 0.436 e. The number of halogens is 1. The second kappa shape index (κ2) is 6.92. The van der Waals surface area contributed by atoms with E-state index in [1.54, 1.807) is 30.3 Å². The van der Waals surface area contributed by atoms with E-state index in [0.29, 0.717) is 16.8 Å². The number of anilines is 1. The van der Waals surface area contributed by atoms with Crippen molar-refractivity contribution in [2.24, 2.45) is 0 Å². The summed E-state index contributed by atoms with van der Waals surface area (Å²) in [6, 6.07) is 16.5. The zero-order chi connectivity index (χ0) is 19.7. The molecule has 0 radical (unpaired) electrons. The predicted octanol–water partition coefficient (Wildman–Crippen LogP) is 4.79. The molecule has 0 aliphatic heterocycles. The number of benzene rings is 3. The van der Waals surface area contributed by atoms with E-state index >= 15 is 0 Å². The molecule has 0 saturated carbocycles. The first-order chi connectivity index (χ1) is 13.5. The lowest BCUT2D eigenvalue weighted by atomic mass is 10.1. The van der Waals surface area contributed by atoms with Crippen molar-refractivity contribution in [1.29, 1.82) is 0 Å². The maximum atomic E-state index is 13.9. The first-order valence-corrected chi connectivity index (χ1v) is 8.23. The Hall–Kier alpha value is -4.07. The molecule has 7 nitrogen and oxygen atoms in total. The quantitative estimate of drug-likeness (QED) is 0.407. The zero-order valence-electron chi connectivity index (χ0n) is 14.3. The highest BCUT2D eigenvalue weighted by molar-refractivity contribution is 6.06. The van der Waals surface area contributed by atoms with Crippen LogP contribution in [0.3, 0.4) is 0 Å². The summed E-state index contributed by atoms with van der Waals surface area (Å²) in [5, 5.41) is 13.6. The molecule has 3 aromatic carbocycles. The number of aromatic nitrogens is 1. The van der Waals surface area contributed by atoms with Gasteiger partial charge in [-0.3, -0.25) is 14.9 Å². The number of non-ortho nitro benzene ring substituents is 1. The molecule has 4 aromatic rings. The molecule has 0 fully saturated rings. The van der Waals surface area contributed by atoms with Gasteiger partial charge in [-0.25, -0.2) is 9.37 Å². The van der Waals surface area contributed by atoms with Crippen LogP contribution in [0.1, 0.15) is 10.4 Å². The van der Waals surface area contributed by atoms with Crippen molar-refractivity contribution in [3.63, 3.8) is 0 Å². The standard InChI is InChI=1S/C20H12FN3O4/c21-15-7-3-1-5-13(15)19(25)22-16-8-4-2-6-14(16)20-23-17-10-9-12(24(26)27)11-18(17)28-20/h1-11H,(H,22,25). The van der Waals surface area contributed by atoms with Gasteiger partial charge in [-0.2, -0.15) is 0 Å². The minimum absolute atomic E-state index is 0.0921. The van der Waals surface area contributed by atoms with E-state index in [9.17, 15) is 19.3 Å². The Labute approximate surface area is 157 Å². The Morgan fingerprint density at radius 2 is 1.82 bits per heavy atom. The minimum atomic E-state index is -0.633. The molecule has 0 atom stereocenters. The lowest BCUT2D eigenvalue weighted by molar-refractivity contribution is -0.384. The first-order valence-electron chi connectivity index (χ1n) is 8.23. The van der Waals surface area contributed by atoms with Gasteiger partial charge < -0.3 is 9.73 Å². The number of amides is 1. The van der Waals surface area contributed by atoms with Crippen molar-refractivity contribution in [3.8, 4) is 11.5 Å². The third kappa shape index (κ3) is 3.18. The maximum Gasteiger partial charge on any atom is 0.273 e. The van der Waals surface area contributed by atoms with E-state index in [2.05, 4.69) is 10.3 Å². The molecule has 4 rings (SSSR count). The second-order valence-electron chi connectivity index (χ2n) is 5.91. The number of oxazole rings is 1. The number of hydrogen-bond donors (Lipinski definition) is 1. The van der Waals surface area contributed by atoms with Crippen LogP contribution in [0.4, 0.5) is 15.8 Å². The highest BCUT2D eigenvalue weighted by Crippen LogP contribution is 2.31. The third-order valence-electron chi connectivity index (χ3n) is 4.11. The van der Waals surface area contributed by atoms with Gasteiger partial charge in [0, 0.05) is 6.07 Å². The van der Waals surface area contributed by atoms with Gasteiger partial charge in [0.25, 0.3) is 11.6 Å². The second-order valence-corrected chi connectivity index (χ2v) is 5.91. The van der Waals surface area contributed by atoms with Crippen molar-refractivity contribution in [3.05, 3.63) is 88.2 Å². The number of carbonyl (C=O) groups is 1. The summed E-state index contributed by atoms with van der Waals surface area (Å²) in [5.41, 5.74) is 1.32. The molecule has 28 heavy (non-hydrogen) atoms. The number of para-hydroxylation sites is 1. The van der Waals surface area contributed by atoms with Crippen LogP contribution >= 0.6 is 0 Å². The molecule has 138 valence electrons. The number of nitrogens with one attached hydrogen (secondary N) is 1. The molecule has 0 aliphatic carbocycles. The zero-order valence-corrected chi connectivity index (χ0v) is 14.3. The van der Waals surface area contributed by atoms with Crippen molar-refractivity contribution in [2.75, 3.05) is 5.32 Å². The van der Waals surface area contributed by atoms with Crippen LogP contribution in [0.15, 0.2) is 71.1 Å². The number of rotatable bonds is 4. The van der Waals surface area contributed by atoms with Crippen molar-refractivity contribution < 1.29 is 18.5 Å². The fraction of sp³-hybridized carbons (Fsp3) is 0. The van der Waals surface area contributed by atoms with Gasteiger partial charge in [0.05, 0.1) is 27.8 Å². The first kappa shape index (κ1) is 17.3. The van der Waals surface area contributed by atoms with Gasteiger partial charge in [-0.1, -0.05) is 24.3 Å². The monoisotopic (exact) mass is 377 g/mol. The van der Waals surface area contributed by atoms with Crippen LogP contribution in [-0.4, -0.2) is 15.8 Å². The normalized spacial score (nSPS) is 10.8. The van der Waals surface area contributed by atoms with Gasteiger partial charge in [0.2, 0.25) is 5.89 Å². The molecular weight excluding hydrogens is 365 g/mol. The van der Waals surface area contributed by atoms with Crippen LogP contribution in [0.25, 0.3) is 22.6 Å². The lowest BCUT2D eigenvalue weighted by Crippen LogP contribution is -2.14. The van der Waals surface area contributed by atoms with Crippen molar-refractivity contribution >= 4 is 28.4 Å². The van der Waals surface area contributed by atoms with E-state index in [1.165, 1.54) is 36.4 Å². The average molecular weight is 377 g/mol. The lowest BCUT2D eigenvalue weighted by Gasteiger charge is -2.09. The van der Waals surface area contributed by atoms with E-state index in [1.807, 2.05) is 0 Å². The number of hydrogen-bond acceptors (Lipinski definition) is 5. The fourth-order valence-electron chi connectivity index (χ4n) is 2.76. The number of nitro groups is 1. The number of nitro benzene ring substituents is 1. The number of fused-ring (bicyclic) bond motifs is 1. The molecule has 1 amide bonds. The third-order valence-corrected chi connectivity index (χ3v) is 4.11. The minimum Gasteiger partial charge on any atom is -0.436 e. The van der Waals surface area contributed by atoms with Crippen LogP contribution in [-0.2, 0) is 0 Å². The summed E-state index contributed by atoms with van der Waals surface area (Å²) in [4.78, 5) is 27.2. The fourth-order valence-corrected chi connectivity index (χ4v) is 2.76. The molecular formula is C20H12FN3O4. The Kier molecular flexibility index (Phi) is 4.29. The van der Waals surface area contributed by atoms with E-state index in [0.717, 1.165) is 0 Å². The molecule has 0 saturated heterocycles. The highest BCUT2D eigenvalue weighted by atomic mass is 19.1. The molecule has 0 bridgehead atoms. The molecule has 1 N–H and O–H groups in total. The molecule has 0 spiro atoms. The number of nitrogens with zero attached hydrogens (tertiary/aromatic N) is 2. The summed E-state index contributed by atoms with van der Waals surface area (Å²) in [7, 11) is 0. The summed E-state index contributed by atoms with van der Waals surface area (Å²) >= 11 is 0. The van der Waals surface area contributed by atoms with Gasteiger partial charge in [0.1, 0.15) is 11.3 Å². The summed E-state index contributed by atoms with van der Waals surface area (Å²) in [5.74, 6) is -1.07. The van der Waals surface area contributed by atoms with Gasteiger partial charge in [0.15, 0.2) is 5.58 Å². The van der Waals surface area contributed by atoms with Crippen LogP contribution in [0.2, 0.25) is 0 Å². The molecule has 1 heterocycles. The van der Waals surface area contributed by atoms with Crippen molar-refractivity contribution in [1.82, 2.24) is 4.98 Å². The smallest absolute Gasteiger partial charge is 0.273 e. The summed E-state index contributed by atoms with van der Waals surface area (Å²) in [6.45, 7) is 0. The summed E-state index contributed by atoms with van der Waals surface area (Å²) < 4.78 is 19.5. The van der Waals surface area contributed by atoms with Gasteiger partial charge in [-0.15, -0.1) is 0 Å². The molecule has 8 heteroatoms. The van der Waals surface area contributed by atoms with E-state index in [4.69, 9.17) is 4.42 Å². The predicted molar refractivity (Wildman–Crippen MR) is 100 cm³/mol. The average Bonchev–Trinajstić information content (AvgIpc) is 3.11. The van der Waals surface area contributed by atoms with E-state index in [-0.39, 0.29) is 22.7 Å². The highest BCUT2D eigenvalue weighted by Gasteiger charge is 2.17. The van der Waals surface area contributed by atoms with Gasteiger partial charge >= 0.3 is 0 Å². The molecule has 0 aliphatic rings. The van der Waals surface area contributed by atoms with E-state index < -0.39 is 16.6 Å². The topological polar surface area (TPSA) is 98.3 Å². The van der Waals surface area contributed by atoms with Crippen molar-refractivity contribution in [2.45, 2.75) is 0 Å². The Balaban J connectivity index is 1.72. The van der Waals surface area contributed by atoms with Crippen LogP contribution < -0.4 is 5.32 Å². The Bertz CT molecular complexity index is 1220. The maximum absolute atomic E-state index is 13.9. The molecule has 1 aromatic heterocycles. The van der Waals surface area contributed by atoms with Crippen LogP contribution in [0.5, 0.6) is 0 Å². The SMILES string of the molecule is O=C(Nc1ccccc1-c1nc2ccc([N+](=O)[O-])cc2o1)c1ccccc1F. The summed E-state index contributed by atoms with van der Waals surface area (Å²) in [6.07, 6.45) is 0. The van der Waals surface area contributed by atoms with Crippen LogP contribution in [0, 0.1) is 15.9 Å². The molecule has 0 unspecified atom stereocenters. The Morgan fingerprint density at radius 1 is 1.07 bits per heavy atom. The number of carbonyl (C=O) groups excluding carboxylic acids is 1. The Morgan fingerprint density at radius 3 is 2.61 bits per heavy atom.